The van der Waals surface area contributed by atoms with Crippen LogP contribution in [0, 0.1) is 5.82 Å². The van der Waals surface area contributed by atoms with Crippen molar-refractivity contribution in [1.29, 1.82) is 0 Å². The summed E-state index contributed by atoms with van der Waals surface area (Å²) in [5, 5.41) is 5.49. The topological polar surface area (TPSA) is 78.5 Å². The Morgan fingerprint density at radius 1 is 1.04 bits per heavy atom. The zero-order valence-electron chi connectivity index (χ0n) is 15.6. The standard InChI is InChI=1S/C21H22FN3O3/c1-14(26)25-11-8-16-13-17(4-7-19(16)25)21(28)24-10-9-23-20(27)12-15-2-5-18(22)6-3-15/h2-7,13H,8-12H2,1H3,(H,23,27)(H,24,28). The molecule has 3 rings (SSSR count). The van der Waals surface area contributed by atoms with Crippen LogP contribution >= 0.6 is 0 Å². The molecule has 3 amide bonds. The lowest BCUT2D eigenvalue weighted by Crippen LogP contribution is -2.35. The maximum absolute atomic E-state index is 12.9. The first-order chi connectivity index (χ1) is 13.4. The number of benzene rings is 2. The van der Waals surface area contributed by atoms with Crippen LogP contribution in [0.25, 0.3) is 0 Å². The zero-order valence-corrected chi connectivity index (χ0v) is 15.6. The molecule has 0 aliphatic carbocycles. The van der Waals surface area contributed by atoms with Crippen LogP contribution in [0.4, 0.5) is 10.1 Å². The Balaban J connectivity index is 1.44. The molecule has 1 aliphatic heterocycles. The van der Waals surface area contributed by atoms with E-state index in [9.17, 15) is 18.8 Å². The number of anilines is 1. The van der Waals surface area contributed by atoms with Gasteiger partial charge in [-0.25, -0.2) is 4.39 Å². The summed E-state index contributed by atoms with van der Waals surface area (Å²) in [6.07, 6.45) is 0.890. The van der Waals surface area contributed by atoms with E-state index in [1.807, 2.05) is 0 Å². The van der Waals surface area contributed by atoms with E-state index in [4.69, 9.17) is 0 Å². The van der Waals surface area contributed by atoms with E-state index >= 15 is 0 Å². The van der Waals surface area contributed by atoms with Crippen molar-refractivity contribution in [2.75, 3.05) is 24.5 Å². The molecule has 0 radical (unpaired) electrons. The first kappa shape index (κ1) is 19.5. The van der Waals surface area contributed by atoms with Crippen molar-refractivity contribution in [3.63, 3.8) is 0 Å². The number of halogens is 1. The number of nitrogens with zero attached hydrogens (tertiary/aromatic N) is 1. The van der Waals surface area contributed by atoms with Gasteiger partial charge < -0.3 is 15.5 Å². The number of rotatable bonds is 6. The Labute approximate surface area is 162 Å². The highest BCUT2D eigenvalue weighted by Crippen LogP contribution is 2.28. The van der Waals surface area contributed by atoms with E-state index < -0.39 is 0 Å². The van der Waals surface area contributed by atoms with Crippen molar-refractivity contribution in [1.82, 2.24) is 10.6 Å². The van der Waals surface area contributed by atoms with Gasteiger partial charge in [0.15, 0.2) is 0 Å². The van der Waals surface area contributed by atoms with Crippen molar-refractivity contribution >= 4 is 23.4 Å². The molecule has 0 fully saturated rings. The molecule has 2 N–H and O–H groups in total. The SMILES string of the molecule is CC(=O)N1CCc2cc(C(=O)NCCNC(=O)Cc3ccc(F)cc3)ccc21. The van der Waals surface area contributed by atoms with Crippen LogP contribution in [-0.2, 0) is 22.4 Å². The van der Waals surface area contributed by atoms with Crippen molar-refractivity contribution in [2.45, 2.75) is 19.8 Å². The Morgan fingerprint density at radius 3 is 2.46 bits per heavy atom. The Kier molecular flexibility index (Phi) is 6.03. The second kappa shape index (κ2) is 8.65. The highest BCUT2D eigenvalue weighted by molar-refractivity contribution is 5.97. The predicted molar refractivity (Wildman–Crippen MR) is 104 cm³/mol. The number of amides is 3. The van der Waals surface area contributed by atoms with E-state index in [1.54, 1.807) is 35.2 Å². The minimum absolute atomic E-state index is 0.00710. The van der Waals surface area contributed by atoms with Gasteiger partial charge in [-0.2, -0.15) is 0 Å². The van der Waals surface area contributed by atoms with Crippen LogP contribution in [0.1, 0.15) is 28.4 Å². The molecule has 6 nitrogen and oxygen atoms in total. The lowest BCUT2D eigenvalue weighted by molar-refractivity contribution is -0.120. The van der Waals surface area contributed by atoms with Gasteiger partial charge in [0.05, 0.1) is 6.42 Å². The van der Waals surface area contributed by atoms with Gasteiger partial charge in [-0.05, 0) is 47.9 Å². The second-order valence-electron chi connectivity index (χ2n) is 6.67. The van der Waals surface area contributed by atoms with Gasteiger partial charge in [0.1, 0.15) is 5.82 Å². The van der Waals surface area contributed by atoms with Crippen molar-refractivity contribution in [2.24, 2.45) is 0 Å². The molecule has 7 heteroatoms. The molecule has 0 aromatic heterocycles. The summed E-state index contributed by atoms with van der Waals surface area (Å²) in [5.74, 6) is -0.765. The van der Waals surface area contributed by atoms with Gasteiger partial charge in [-0.3, -0.25) is 14.4 Å². The molecular weight excluding hydrogens is 361 g/mol. The minimum Gasteiger partial charge on any atom is -0.354 e. The molecule has 28 heavy (non-hydrogen) atoms. The normalized spacial score (nSPS) is 12.4. The van der Waals surface area contributed by atoms with Gasteiger partial charge >= 0.3 is 0 Å². The number of carbonyl (C=O) groups is 3. The highest BCUT2D eigenvalue weighted by atomic mass is 19.1. The molecule has 1 heterocycles. The van der Waals surface area contributed by atoms with Gasteiger partial charge in [-0.1, -0.05) is 12.1 Å². The van der Waals surface area contributed by atoms with E-state index in [2.05, 4.69) is 10.6 Å². The van der Waals surface area contributed by atoms with E-state index in [0.29, 0.717) is 25.2 Å². The summed E-state index contributed by atoms with van der Waals surface area (Å²) in [7, 11) is 0. The zero-order chi connectivity index (χ0) is 20.1. The minimum atomic E-state index is -0.340. The molecular formula is C21H22FN3O3. The third-order valence-corrected chi connectivity index (χ3v) is 4.63. The Morgan fingerprint density at radius 2 is 1.75 bits per heavy atom. The van der Waals surface area contributed by atoms with Crippen LogP contribution in [0.5, 0.6) is 0 Å². The average Bonchev–Trinajstić information content (AvgIpc) is 3.10. The Hall–Kier alpha value is -3.22. The fourth-order valence-corrected chi connectivity index (χ4v) is 3.20. The number of hydrogen-bond donors (Lipinski definition) is 2. The molecule has 0 spiro atoms. The molecule has 2 aromatic carbocycles. The number of fused-ring (bicyclic) bond motifs is 1. The number of hydrogen-bond acceptors (Lipinski definition) is 3. The molecule has 2 aromatic rings. The molecule has 146 valence electrons. The van der Waals surface area contributed by atoms with Crippen molar-refractivity contribution in [3.05, 3.63) is 65.0 Å². The van der Waals surface area contributed by atoms with E-state index in [1.165, 1.54) is 19.1 Å². The molecule has 0 saturated heterocycles. The first-order valence-electron chi connectivity index (χ1n) is 9.14. The predicted octanol–water partition coefficient (Wildman–Crippen LogP) is 1.82. The summed E-state index contributed by atoms with van der Waals surface area (Å²) in [5.41, 5.74) is 3.09. The van der Waals surface area contributed by atoms with Crippen molar-refractivity contribution < 1.29 is 18.8 Å². The average molecular weight is 383 g/mol. The van der Waals surface area contributed by atoms with Gasteiger partial charge in [0, 0.05) is 37.8 Å². The lowest BCUT2D eigenvalue weighted by atomic mass is 10.1. The summed E-state index contributed by atoms with van der Waals surface area (Å²) < 4.78 is 12.9. The third kappa shape index (κ3) is 4.73. The molecule has 0 bridgehead atoms. The Bertz CT molecular complexity index is 896. The van der Waals surface area contributed by atoms with Crippen LogP contribution < -0.4 is 15.5 Å². The molecule has 0 atom stereocenters. The molecule has 1 aliphatic rings. The molecule has 0 saturated carbocycles. The van der Waals surface area contributed by atoms with Crippen molar-refractivity contribution in [3.8, 4) is 0 Å². The fraction of sp³-hybridized carbons (Fsp3) is 0.286. The number of nitrogens with one attached hydrogen (secondary N) is 2. The van der Waals surface area contributed by atoms with E-state index in [0.717, 1.165) is 23.2 Å². The summed E-state index contributed by atoms with van der Waals surface area (Å²) in [6, 6.07) is 11.1. The van der Waals surface area contributed by atoms with Gasteiger partial charge in [0.2, 0.25) is 11.8 Å². The van der Waals surface area contributed by atoms with Crippen LogP contribution in [0.15, 0.2) is 42.5 Å². The summed E-state index contributed by atoms with van der Waals surface area (Å²) in [6.45, 7) is 2.76. The molecule has 0 unspecified atom stereocenters. The largest absolute Gasteiger partial charge is 0.354 e. The second-order valence-corrected chi connectivity index (χ2v) is 6.67. The van der Waals surface area contributed by atoms with E-state index in [-0.39, 0.29) is 30.0 Å². The monoisotopic (exact) mass is 383 g/mol. The van der Waals surface area contributed by atoms with Crippen LogP contribution in [0.2, 0.25) is 0 Å². The lowest BCUT2D eigenvalue weighted by Gasteiger charge is -2.14. The maximum Gasteiger partial charge on any atom is 0.251 e. The van der Waals surface area contributed by atoms with Crippen LogP contribution in [0.3, 0.4) is 0 Å². The number of carbonyl (C=O) groups excluding carboxylic acids is 3. The first-order valence-corrected chi connectivity index (χ1v) is 9.14. The summed E-state index contributed by atoms with van der Waals surface area (Å²) >= 11 is 0. The summed E-state index contributed by atoms with van der Waals surface area (Å²) in [4.78, 5) is 37.4. The maximum atomic E-state index is 12.9. The smallest absolute Gasteiger partial charge is 0.251 e. The van der Waals surface area contributed by atoms with Gasteiger partial charge in [0.25, 0.3) is 5.91 Å². The van der Waals surface area contributed by atoms with Gasteiger partial charge in [-0.15, -0.1) is 0 Å². The fourth-order valence-electron chi connectivity index (χ4n) is 3.20. The highest BCUT2D eigenvalue weighted by Gasteiger charge is 2.23. The quantitative estimate of drug-likeness (QED) is 0.747. The third-order valence-electron chi connectivity index (χ3n) is 4.63. The van der Waals surface area contributed by atoms with Crippen LogP contribution in [-0.4, -0.2) is 37.4 Å².